The van der Waals surface area contributed by atoms with E-state index in [0.717, 1.165) is 44.0 Å². The first kappa shape index (κ1) is 16.7. The summed E-state index contributed by atoms with van der Waals surface area (Å²) in [5.41, 5.74) is 1.11. The van der Waals surface area contributed by atoms with E-state index >= 15 is 0 Å². The van der Waals surface area contributed by atoms with Crippen LogP contribution in [0.25, 0.3) is 10.2 Å². The van der Waals surface area contributed by atoms with Crippen molar-refractivity contribution in [3.05, 3.63) is 29.3 Å². The summed E-state index contributed by atoms with van der Waals surface area (Å²) in [5.74, 6) is 0.931. The lowest BCUT2D eigenvalue weighted by Gasteiger charge is -2.10. The minimum Gasteiger partial charge on any atom is -0.357 e. The van der Waals surface area contributed by atoms with Gasteiger partial charge in [-0.2, -0.15) is 0 Å². The smallest absolute Gasteiger partial charge is 0.191 e. The van der Waals surface area contributed by atoms with Crippen molar-refractivity contribution in [2.24, 2.45) is 4.99 Å². The highest BCUT2D eigenvalue weighted by atomic mass is 32.1. The van der Waals surface area contributed by atoms with Crippen molar-refractivity contribution in [2.45, 2.75) is 39.5 Å². The number of aliphatic imine (C=N–C) groups is 1. The number of aryl methyl sites for hydroxylation is 1. The molecule has 0 aliphatic carbocycles. The molecule has 0 aliphatic heterocycles. The van der Waals surface area contributed by atoms with Crippen molar-refractivity contribution in [1.82, 2.24) is 15.6 Å². The van der Waals surface area contributed by atoms with Crippen molar-refractivity contribution >= 4 is 27.5 Å². The van der Waals surface area contributed by atoms with Crippen molar-refractivity contribution in [2.75, 3.05) is 19.6 Å². The van der Waals surface area contributed by atoms with Crippen molar-refractivity contribution < 1.29 is 0 Å². The van der Waals surface area contributed by atoms with Gasteiger partial charge in [-0.05, 0) is 31.9 Å². The molecular formula is C17H26N4S. The van der Waals surface area contributed by atoms with Crippen molar-refractivity contribution in [3.63, 3.8) is 0 Å². The Morgan fingerprint density at radius 1 is 1.18 bits per heavy atom. The van der Waals surface area contributed by atoms with E-state index in [0.29, 0.717) is 0 Å². The SMILES string of the molecule is CCCCNC(=NCCCc1nc2ccccc2s1)NCC. The number of thiazole rings is 1. The highest BCUT2D eigenvalue weighted by Crippen LogP contribution is 2.22. The molecule has 0 saturated carbocycles. The highest BCUT2D eigenvalue weighted by molar-refractivity contribution is 7.18. The maximum Gasteiger partial charge on any atom is 0.191 e. The lowest BCUT2D eigenvalue weighted by atomic mass is 10.3. The molecule has 0 spiro atoms. The van der Waals surface area contributed by atoms with Gasteiger partial charge in [-0.3, -0.25) is 4.99 Å². The number of fused-ring (bicyclic) bond motifs is 1. The Labute approximate surface area is 137 Å². The van der Waals surface area contributed by atoms with Crippen molar-refractivity contribution in [3.8, 4) is 0 Å². The van der Waals surface area contributed by atoms with E-state index < -0.39 is 0 Å². The largest absolute Gasteiger partial charge is 0.357 e. The van der Waals surface area contributed by atoms with Gasteiger partial charge < -0.3 is 10.6 Å². The summed E-state index contributed by atoms with van der Waals surface area (Å²) in [6.07, 6.45) is 4.40. The first-order chi connectivity index (χ1) is 10.8. The van der Waals surface area contributed by atoms with Crippen LogP contribution in [0.15, 0.2) is 29.3 Å². The van der Waals surface area contributed by atoms with Crippen LogP contribution in [0.5, 0.6) is 0 Å². The van der Waals surface area contributed by atoms with Crippen LogP contribution in [0, 0.1) is 0 Å². The zero-order valence-corrected chi connectivity index (χ0v) is 14.4. The van der Waals surface area contributed by atoms with Gasteiger partial charge in [-0.25, -0.2) is 4.98 Å². The Kier molecular flexibility index (Phi) is 7.16. The first-order valence-electron chi connectivity index (χ1n) is 8.20. The van der Waals surface area contributed by atoms with Crippen LogP contribution in [0.2, 0.25) is 0 Å². The fourth-order valence-corrected chi connectivity index (χ4v) is 3.18. The van der Waals surface area contributed by atoms with Gasteiger partial charge in [-0.1, -0.05) is 25.5 Å². The molecule has 0 fully saturated rings. The minimum absolute atomic E-state index is 0.831. The standard InChI is InChI=1S/C17H26N4S/c1-3-5-12-19-17(18-4-2)20-13-8-11-16-21-14-9-6-7-10-15(14)22-16/h6-7,9-10H,3-5,8,11-13H2,1-2H3,(H2,18,19,20). The van der Waals surface area contributed by atoms with E-state index in [1.165, 1.54) is 22.5 Å². The Hall–Kier alpha value is -1.62. The van der Waals surface area contributed by atoms with E-state index in [9.17, 15) is 0 Å². The monoisotopic (exact) mass is 318 g/mol. The second-order valence-electron chi connectivity index (χ2n) is 5.22. The highest BCUT2D eigenvalue weighted by Gasteiger charge is 2.02. The topological polar surface area (TPSA) is 49.3 Å². The zero-order valence-electron chi connectivity index (χ0n) is 13.6. The molecule has 2 N–H and O–H groups in total. The number of guanidine groups is 1. The number of nitrogens with one attached hydrogen (secondary N) is 2. The molecule has 1 aromatic heterocycles. The summed E-state index contributed by atoms with van der Waals surface area (Å²) in [5, 5.41) is 7.86. The van der Waals surface area contributed by atoms with E-state index in [2.05, 4.69) is 52.7 Å². The number of hydrogen-bond acceptors (Lipinski definition) is 3. The number of unbranched alkanes of at least 4 members (excludes halogenated alkanes) is 1. The number of para-hydroxylation sites is 1. The molecule has 22 heavy (non-hydrogen) atoms. The number of rotatable bonds is 8. The molecule has 0 radical (unpaired) electrons. The normalized spacial score (nSPS) is 11.8. The summed E-state index contributed by atoms with van der Waals surface area (Å²) >= 11 is 1.79. The van der Waals surface area contributed by atoms with Gasteiger partial charge in [0, 0.05) is 26.1 Å². The number of nitrogens with zero attached hydrogens (tertiary/aromatic N) is 2. The summed E-state index contributed by atoms with van der Waals surface area (Å²) < 4.78 is 1.27. The first-order valence-corrected chi connectivity index (χ1v) is 9.01. The van der Waals surface area contributed by atoms with E-state index in [4.69, 9.17) is 0 Å². The molecular weight excluding hydrogens is 292 g/mol. The molecule has 0 saturated heterocycles. The molecule has 120 valence electrons. The van der Waals surface area contributed by atoms with Crippen molar-refractivity contribution in [1.29, 1.82) is 0 Å². The molecule has 4 nitrogen and oxygen atoms in total. The third-order valence-electron chi connectivity index (χ3n) is 3.32. The molecule has 0 unspecified atom stereocenters. The molecule has 0 bridgehead atoms. The Morgan fingerprint density at radius 2 is 2.05 bits per heavy atom. The van der Waals surface area contributed by atoms with Crippen LogP contribution in [0.4, 0.5) is 0 Å². The van der Waals surface area contributed by atoms with Gasteiger partial charge in [0.1, 0.15) is 0 Å². The van der Waals surface area contributed by atoms with Gasteiger partial charge in [0.25, 0.3) is 0 Å². The van der Waals surface area contributed by atoms with Gasteiger partial charge in [0.05, 0.1) is 15.2 Å². The van der Waals surface area contributed by atoms with Crippen LogP contribution in [0.3, 0.4) is 0 Å². The van der Waals surface area contributed by atoms with Gasteiger partial charge >= 0.3 is 0 Å². The lowest BCUT2D eigenvalue weighted by molar-refractivity contribution is 0.725. The minimum atomic E-state index is 0.831. The molecule has 0 atom stereocenters. The fourth-order valence-electron chi connectivity index (χ4n) is 2.17. The summed E-state index contributed by atoms with van der Waals surface area (Å²) in [6, 6.07) is 8.32. The van der Waals surface area contributed by atoms with E-state index in [1.54, 1.807) is 11.3 Å². The lowest BCUT2D eigenvalue weighted by Crippen LogP contribution is -2.37. The summed E-state index contributed by atoms with van der Waals surface area (Å²) in [6.45, 7) is 7.01. The molecule has 2 rings (SSSR count). The third-order valence-corrected chi connectivity index (χ3v) is 4.42. The van der Waals surface area contributed by atoms with Crippen LogP contribution >= 0.6 is 11.3 Å². The summed E-state index contributed by atoms with van der Waals surface area (Å²) in [7, 11) is 0. The van der Waals surface area contributed by atoms with E-state index in [-0.39, 0.29) is 0 Å². The summed E-state index contributed by atoms with van der Waals surface area (Å²) in [4.78, 5) is 9.29. The third kappa shape index (κ3) is 5.30. The maximum atomic E-state index is 4.67. The number of aromatic nitrogens is 1. The Bertz CT molecular complexity index is 558. The van der Waals surface area contributed by atoms with E-state index in [1.807, 2.05) is 6.07 Å². The molecule has 1 heterocycles. The fraction of sp³-hybridized carbons (Fsp3) is 0.529. The zero-order chi connectivity index (χ0) is 15.6. The average molecular weight is 318 g/mol. The molecule has 2 aromatic rings. The van der Waals surface area contributed by atoms with Gasteiger partial charge in [0.15, 0.2) is 5.96 Å². The predicted molar refractivity (Wildman–Crippen MR) is 96.8 cm³/mol. The van der Waals surface area contributed by atoms with Gasteiger partial charge in [-0.15, -0.1) is 11.3 Å². The molecule has 1 aromatic carbocycles. The predicted octanol–water partition coefficient (Wildman–Crippen LogP) is 3.58. The second kappa shape index (κ2) is 9.41. The molecule has 0 amide bonds. The van der Waals surface area contributed by atoms with Crippen LogP contribution in [-0.2, 0) is 6.42 Å². The Morgan fingerprint density at radius 3 is 2.82 bits per heavy atom. The molecule has 0 aliphatic rings. The Balaban J connectivity index is 1.79. The molecule has 5 heteroatoms. The average Bonchev–Trinajstić information content (AvgIpc) is 2.94. The van der Waals surface area contributed by atoms with Crippen LogP contribution in [0.1, 0.15) is 38.1 Å². The van der Waals surface area contributed by atoms with Crippen LogP contribution in [-0.4, -0.2) is 30.6 Å². The number of hydrogen-bond donors (Lipinski definition) is 2. The quantitative estimate of drug-likeness (QED) is 0.444. The number of benzene rings is 1. The van der Waals surface area contributed by atoms with Crippen LogP contribution < -0.4 is 10.6 Å². The maximum absolute atomic E-state index is 4.67. The second-order valence-corrected chi connectivity index (χ2v) is 6.34. The van der Waals surface area contributed by atoms with Gasteiger partial charge in [0.2, 0.25) is 0 Å².